The highest BCUT2D eigenvalue weighted by molar-refractivity contribution is 5.99. The number of fused-ring (bicyclic) bond motifs is 1. The molecule has 1 fully saturated rings. The molecular formula is C21H23F2N5O5. The molecule has 0 bridgehead atoms. The fraction of sp³-hybridized carbons (Fsp3) is 0.381. The summed E-state index contributed by atoms with van der Waals surface area (Å²) in [5, 5.41) is 12.8. The lowest BCUT2D eigenvalue weighted by Gasteiger charge is -2.34. The second kappa shape index (κ2) is 9.55. The Bertz CT molecular complexity index is 1130. The Kier molecular flexibility index (Phi) is 6.56. The number of pyridine rings is 1. The van der Waals surface area contributed by atoms with E-state index in [9.17, 15) is 28.3 Å². The maximum atomic E-state index is 13.8. The van der Waals surface area contributed by atoms with Crippen LogP contribution in [0.3, 0.4) is 0 Å². The highest BCUT2D eigenvalue weighted by atomic mass is 19.1. The van der Waals surface area contributed by atoms with Crippen molar-refractivity contribution in [3.8, 4) is 5.75 Å². The molecule has 3 heterocycles. The zero-order valence-corrected chi connectivity index (χ0v) is 17.6. The van der Waals surface area contributed by atoms with Gasteiger partial charge in [0.1, 0.15) is 23.9 Å². The highest BCUT2D eigenvalue weighted by Gasteiger charge is 2.31. The molecule has 1 saturated heterocycles. The Hall–Kier alpha value is -3.51. The van der Waals surface area contributed by atoms with Crippen LogP contribution in [0.1, 0.15) is 26.4 Å². The Morgan fingerprint density at radius 2 is 1.94 bits per heavy atom. The molecule has 0 aliphatic carbocycles. The zero-order chi connectivity index (χ0) is 23.5. The highest BCUT2D eigenvalue weighted by Crippen LogP contribution is 2.18. The van der Waals surface area contributed by atoms with Crippen molar-refractivity contribution in [2.45, 2.75) is 6.54 Å². The van der Waals surface area contributed by atoms with E-state index < -0.39 is 40.2 Å². The number of nitrogens with zero attached hydrogens (tertiary/aromatic N) is 3. The number of hydrogen-bond acceptors (Lipinski definition) is 7. The SMILES string of the molecule is O=C(NCc1ccc(F)cc1F)c1cn2c(c(O)c1=O)C(=O)N(CCN1CCOCC1)CN2. The first kappa shape index (κ1) is 22.7. The molecule has 0 spiro atoms. The molecule has 176 valence electrons. The number of rotatable bonds is 6. The Balaban J connectivity index is 1.47. The number of carbonyl (C=O) groups is 2. The summed E-state index contributed by atoms with van der Waals surface area (Å²) in [4.78, 5) is 41.6. The molecule has 10 nitrogen and oxygen atoms in total. The number of carbonyl (C=O) groups excluding carboxylic acids is 2. The molecule has 2 amide bonds. The van der Waals surface area contributed by atoms with Crippen LogP contribution in [0.25, 0.3) is 0 Å². The predicted molar refractivity (Wildman–Crippen MR) is 112 cm³/mol. The first-order valence-corrected chi connectivity index (χ1v) is 10.4. The number of hydrogen-bond donors (Lipinski definition) is 3. The normalized spacial score (nSPS) is 16.3. The average Bonchev–Trinajstić information content (AvgIpc) is 2.80. The third-order valence-electron chi connectivity index (χ3n) is 5.59. The van der Waals surface area contributed by atoms with Gasteiger partial charge in [0.15, 0.2) is 11.4 Å². The second-order valence-corrected chi connectivity index (χ2v) is 7.70. The summed E-state index contributed by atoms with van der Waals surface area (Å²) in [7, 11) is 0. The van der Waals surface area contributed by atoms with Crippen molar-refractivity contribution >= 4 is 11.8 Å². The van der Waals surface area contributed by atoms with Gasteiger partial charge < -0.3 is 25.5 Å². The van der Waals surface area contributed by atoms with Gasteiger partial charge in [0, 0.05) is 50.6 Å². The summed E-state index contributed by atoms with van der Waals surface area (Å²) in [5.41, 5.74) is 1.18. The third-order valence-corrected chi connectivity index (χ3v) is 5.59. The van der Waals surface area contributed by atoms with E-state index in [2.05, 4.69) is 15.6 Å². The molecule has 4 rings (SSSR count). The van der Waals surface area contributed by atoms with Gasteiger partial charge in [-0.2, -0.15) is 0 Å². The number of halogens is 2. The molecule has 1 aromatic heterocycles. The van der Waals surface area contributed by atoms with E-state index >= 15 is 0 Å². The topological polar surface area (TPSA) is 116 Å². The predicted octanol–water partition coefficient (Wildman–Crippen LogP) is 0.0511. The van der Waals surface area contributed by atoms with Crippen LogP contribution in [0.4, 0.5) is 8.78 Å². The van der Waals surface area contributed by atoms with Crippen molar-refractivity contribution in [1.29, 1.82) is 0 Å². The van der Waals surface area contributed by atoms with E-state index in [1.165, 1.54) is 11.0 Å². The Morgan fingerprint density at radius 3 is 2.67 bits per heavy atom. The van der Waals surface area contributed by atoms with E-state index in [0.717, 1.165) is 30.0 Å². The van der Waals surface area contributed by atoms with Gasteiger partial charge in [-0.3, -0.25) is 24.0 Å². The lowest BCUT2D eigenvalue weighted by molar-refractivity contribution is 0.0320. The summed E-state index contributed by atoms with van der Waals surface area (Å²) in [5.74, 6) is -3.88. The van der Waals surface area contributed by atoms with Crippen molar-refractivity contribution in [2.75, 3.05) is 51.5 Å². The molecule has 12 heteroatoms. The Labute approximate surface area is 187 Å². The van der Waals surface area contributed by atoms with Crippen molar-refractivity contribution in [3.05, 3.63) is 63.1 Å². The van der Waals surface area contributed by atoms with Crippen molar-refractivity contribution < 1.29 is 28.2 Å². The average molecular weight is 463 g/mol. The number of aromatic nitrogens is 1. The molecule has 2 aliphatic rings. The lowest BCUT2D eigenvalue weighted by Crippen LogP contribution is -2.50. The van der Waals surface area contributed by atoms with Crippen LogP contribution in [0, 0.1) is 11.6 Å². The number of nitrogens with one attached hydrogen (secondary N) is 2. The van der Waals surface area contributed by atoms with E-state index in [-0.39, 0.29) is 24.5 Å². The Morgan fingerprint density at radius 1 is 1.18 bits per heavy atom. The van der Waals surface area contributed by atoms with Crippen molar-refractivity contribution in [2.24, 2.45) is 0 Å². The molecule has 0 radical (unpaired) electrons. The van der Waals surface area contributed by atoms with Crippen LogP contribution in [-0.2, 0) is 11.3 Å². The molecule has 3 N–H and O–H groups in total. The van der Waals surface area contributed by atoms with Crippen LogP contribution in [0.15, 0.2) is 29.2 Å². The van der Waals surface area contributed by atoms with Gasteiger partial charge in [0.05, 0.1) is 13.2 Å². The summed E-state index contributed by atoms with van der Waals surface area (Å²) in [6, 6.07) is 2.90. The fourth-order valence-corrected chi connectivity index (χ4v) is 3.68. The quantitative estimate of drug-likeness (QED) is 0.555. The molecule has 0 atom stereocenters. The molecule has 0 unspecified atom stereocenters. The molecular weight excluding hydrogens is 440 g/mol. The van der Waals surface area contributed by atoms with E-state index in [1.807, 2.05) is 0 Å². The number of amides is 2. The minimum Gasteiger partial charge on any atom is -0.502 e. The first-order valence-electron chi connectivity index (χ1n) is 10.4. The van der Waals surface area contributed by atoms with Gasteiger partial charge in [-0.1, -0.05) is 6.07 Å². The molecule has 2 aliphatic heterocycles. The minimum absolute atomic E-state index is 0.0243. The van der Waals surface area contributed by atoms with Gasteiger partial charge in [0.25, 0.3) is 11.8 Å². The maximum absolute atomic E-state index is 13.8. The molecule has 2 aromatic rings. The fourth-order valence-electron chi connectivity index (χ4n) is 3.68. The van der Waals surface area contributed by atoms with Crippen LogP contribution in [0.2, 0.25) is 0 Å². The molecule has 0 saturated carbocycles. The van der Waals surface area contributed by atoms with Gasteiger partial charge in [-0.25, -0.2) is 8.78 Å². The largest absolute Gasteiger partial charge is 0.502 e. The maximum Gasteiger partial charge on any atom is 0.277 e. The smallest absolute Gasteiger partial charge is 0.277 e. The summed E-state index contributed by atoms with van der Waals surface area (Å²) >= 11 is 0. The molecule has 1 aromatic carbocycles. The second-order valence-electron chi connectivity index (χ2n) is 7.70. The molecule has 33 heavy (non-hydrogen) atoms. The number of aromatic hydroxyl groups is 1. The minimum atomic E-state index is -1.02. The van der Waals surface area contributed by atoms with E-state index in [4.69, 9.17) is 4.74 Å². The number of morpholine rings is 1. The van der Waals surface area contributed by atoms with Crippen LogP contribution in [-0.4, -0.2) is 77.5 Å². The van der Waals surface area contributed by atoms with Crippen LogP contribution in [0.5, 0.6) is 5.75 Å². The van der Waals surface area contributed by atoms with Gasteiger partial charge in [-0.15, -0.1) is 0 Å². The third kappa shape index (κ3) is 4.81. The number of ether oxygens (including phenoxy) is 1. The van der Waals surface area contributed by atoms with Crippen molar-refractivity contribution in [3.63, 3.8) is 0 Å². The van der Waals surface area contributed by atoms with E-state index in [1.54, 1.807) is 0 Å². The van der Waals surface area contributed by atoms with E-state index in [0.29, 0.717) is 32.4 Å². The van der Waals surface area contributed by atoms with Gasteiger partial charge >= 0.3 is 0 Å². The zero-order valence-electron chi connectivity index (χ0n) is 17.6. The summed E-state index contributed by atoms with van der Waals surface area (Å²) < 4.78 is 33.2. The van der Waals surface area contributed by atoms with Crippen molar-refractivity contribution in [1.82, 2.24) is 19.8 Å². The van der Waals surface area contributed by atoms with Gasteiger partial charge in [0.2, 0.25) is 5.43 Å². The lowest BCUT2D eigenvalue weighted by atomic mass is 10.1. The monoisotopic (exact) mass is 463 g/mol. The number of benzene rings is 1. The van der Waals surface area contributed by atoms with Crippen LogP contribution >= 0.6 is 0 Å². The standard InChI is InChI=1S/C21H23F2N5O5/c22-14-2-1-13(16(23)9-14)10-24-20(31)15-11-28-17(19(30)18(15)29)21(32)27(12-25-28)4-3-26-5-7-33-8-6-26/h1-2,9,11,25,30H,3-8,10,12H2,(H,24,31). The first-order chi connectivity index (χ1) is 15.8. The summed E-state index contributed by atoms with van der Waals surface area (Å²) in [6.45, 7) is 3.59. The van der Waals surface area contributed by atoms with Crippen LogP contribution < -0.4 is 16.2 Å². The summed E-state index contributed by atoms with van der Waals surface area (Å²) in [6.07, 6.45) is 1.12. The van der Waals surface area contributed by atoms with Gasteiger partial charge in [-0.05, 0) is 6.07 Å².